The minimum Gasteiger partial charge on any atom is -0.457 e. The Morgan fingerprint density at radius 1 is 1.19 bits per heavy atom. The van der Waals surface area contributed by atoms with Crippen molar-refractivity contribution in [2.45, 2.75) is 19.3 Å². The number of benzene rings is 1. The fourth-order valence-corrected chi connectivity index (χ4v) is 3.36. The van der Waals surface area contributed by atoms with Crippen molar-refractivity contribution in [3.63, 3.8) is 0 Å². The summed E-state index contributed by atoms with van der Waals surface area (Å²) in [7, 11) is 0. The minimum atomic E-state index is -0.365. The van der Waals surface area contributed by atoms with E-state index in [1.165, 1.54) is 25.3 Å². The van der Waals surface area contributed by atoms with Gasteiger partial charge in [-0.05, 0) is 50.2 Å². The van der Waals surface area contributed by atoms with E-state index in [1.54, 1.807) is 6.07 Å². The second kappa shape index (κ2) is 9.54. The van der Waals surface area contributed by atoms with Crippen molar-refractivity contribution in [2.24, 2.45) is 0 Å². The summed E-state index contributed by atoms with van der Waals surface area (Å²) >= 11 is 3.40. The number of nitrogens with zero attached hydrogens (tertiary/aromatic N) is 2. The second-order valence-corrected chi connectivity index (χ2v) is 7.45. The molecule has 6 heteroatoms. The Morgan fingerprint density at radius 3 is 2.63 bits per heavy atom. The van der Waals surface area contributed by atoms with E-state index in [0.717, 1.165) is 29.7 Å². The van der Waals surface area contributed by atoms with Crippen LogP contribution in [-0.2, 0) is 4.79 Å². The molecule has 0 spiro atoms. The summed E-state index contributed by atoms with van der Waals surface area (Å²) in [4.78, 5) is 14.6. The van der Waals surface area contributed by atoms with Crippen molar-refractivity contribution in [3.8, 4) is 17.4 Å². The van der Waals surface area contributed by atoms with Gasteiger partial charge in [0.1, 0.15) is 23.2 Å². The molecule has 1 amide bonds. The molecule has 1 aromatic carbocycles. The first-order valence-electron chi connectivity index (χ1n) is 9.14. The van der Waals surface area contributed by atoms with Crippen LogP contribution in [0.1, 0.15) is 25.0 Å². The molecule has 2 aromatic rings. The van der Waals surface area contributed by atoms with Gasteiger partial charge in [-0.15, -0.1) is 0 Å². The summed E-state index contributed by atoms with van der Waals surface area (Å²) in [5.74, 6) is 0.809. The Balaban J connectivity index is 1.59. The number of furan rings is 1. The third kappa shape index (κ3) is 5.56. The van der Waals surface area contributed by atoms with Gasteiger partial charge in [0.2, 0.25) is 0 Å². The van der Waals surface area contributed by atoms with Crippen LogP contribution in [-0.4, -0.2) is 37.0 Å². The Labute approximate surface area is 167 Å². The molecule has 0 aliphatic carbocycles. The minimum absolute atomic E-state index is 0.0466. The maximum atomic E-state index is 12.3. The van der Waals surface area contributed by atoms with Crippen molar-refractivity contribution in [1.29, 1.82) is 5.26 Å². The molecule has 5 nitrogen and oxygen atoms in total. The van der Waals surface area contributed by atoms with E-state index in [-0.39, 0.29) is 11.5 Å². The van der Waals surface area contributed by atoms with Crippen LogP contribution >= 0.6 is 15.9 Å². The Morgan fingerprint density at radius 2 is 1.93 bits per heavy atom. The molecule has 1 N–H and O–H groups in total. The van der Waals surface area contributed by atoms with Crippen LogP contribution in [0, 0.1) is 11.3 Å². The quantitative estimate of drug-likeness (QED) is 0.553. The highest BCUT2D eigenvalue weighted by atomic mass is 79.9. The lowest BCUT2D eigenvalue weighted by molar-refractivity contribution is -0.117. The number of piperidine rings is 1. The standard InChI is InChI=1S/C21H22BrN3O2/c22-18-6-4-16(5-7-18)20-9-8-19(27-20)14-17(15-23)21(26)24-10-13-25-11-2-1-3-12-25/h4-9,14H,1-3,10-13H2,(H,24,26). The lowest BCUT2D eigenvalue weighted by Crippen LogP contribution is -2.37. The normalized spacial score (nSPS) is 15.3. The van der Waals surface area contributed by atoms with Crippen LogP contribution in [0.2, 0.25) is 0 Å². The first kappa shape index (κ1) is 19.4. The maximum Gasteiger partial charge on any atom is 0.262 e. The molecule has 140 valence electrons. The van der Waals surface area contributed by atoms with Gasteiger partial charge >= 0.3 is 0 Å². The van der Waals surface area contributed by atoms with Gasteiger partial charge < -0.3 is 14.6 Å². The lowest BCUT2D eigenvalue weighted by Gasteiger charge is -2.26. The average Bonchev–Trinajstić information content (AvgIpc) is 3.16. The fraction of sp³-hybridized carbons (Fsp3) is 0.333. The number of amides is 1. The van der Waals surface area contributed by atoms with E-state index in [9.17, 15) is 10.1 Å². The first-order valence-corrected chi connectivity index (χ1v) is 9.93. The van der Waals surface area contributed by atoms with Crippen LogP contribution in [0.4, 0.5) is 0 Å². The number of halogens is 1. The zero-order chi connectivity index (χ0) is 19.1. The predicted molar refractivity (Wildman–Crippen MR) is 109 cm³/mol. The number of hydrogen-bond acceptors (Lipinski definition) is 4. The van der Waals surface area contributed by atoms with Crippen molar-refractivity contribution < 1.29 is 9.21 Å². The molecule has 1 saturated heterocycles. The highest BCUT2D eigenvalue weighted by Gasteiger charge is 2.13. The molecule has 1 aliphatic rings. The van der Waals surface area contributed by atoms with E-state index < -0.39 is 0 Å². The molecule has 27 heavy (non-hydrogen) atoms. The van der Waals surface area contributed by atoms with E-state index in [2.05, 4.69) is 26.1 Å². The zero-order valence-corrected chi connectivity index (χ0v) is 16.7. The number of nitriles is 1. The molecule has 1 aromatic heterocycles. The van der Waals surface area contributed by atoms with Crippen molar-refractivity contribution in [2.75, 3.05) is 26.2 Å². The highest BCUT2D eigenvalue weighted by Crippen LogP contribution is 2.25. The van der Waals surface area contributed by atoms with Crippen molar-refractivity contribution in [1.82, 2.24) is 10.2 Å². The topological polar surface area (TPSA) is 69.3 Å². The number of carbonyl (C=O) groups is 1. The number of hydrogen-bond donors (Lipinski definition) is 1. The van der Waals surface area contributed by atoms with Crippen LogP contribution in [0.5, 0.6) is 0 Å². The summed E-state index contributed by atoms with van der Waals surface area (Å²) in [5, 5.41) is 12.2. The van der Waals surface area contributed by atoms with Crippen molar-refractivity contribution >= 4 is 27.9 Å². The fourth-order valence-electron chi connectivity index (χ4n) is 3.10. The predicted octanol–water partition coefficient (Wildman–Crippen LogP) is 4.22. The van der Waals surface area contributed by atoms with Gasteiger partial charge in [-0.3, -0.25) is 4.79 Å². The number of nitrogens with one attached hydrogen (secondary N) is 1. The SMILES string of the molecule is N#CC(=Cc1ccc(-c2ccc(Br)cc2)o1)C(=O)NCCN1CCCCC1. The van der Waals surface area contributed by atoms with E-state index in [0.29, 0.717) is 18.1 Å². The molecule has 0 unspecified atom stereocenters. The summed E-state index contributed by atoms with van der Waals surface area (Å²) in [6, 6.07) is 13.3. The number of likely N-dealkylation sites (tertiary alicyclic amines) is 1. The summed E-state index contributed by atoms with van der Waals surface area (Å²) < 4.78 is 6.75. The largest absolute Gasteiger partial charge is 0.457 e. The van der Waals surface area contributed by atoms with Gasteiger partial charge in [0.05, 0.1) is 0 Å². The van der Waals surface area contributed by atoms with Gasteiger partial charge in [0, 0.05) is 29.2 Å². The van der Waals surface area contributed by atoms with Crippen LogP contribution in [0.15, 0.2) is 50.9 Å². The van der Waals surface area contributed by atoms with Gasteiger partial charge in [-0.1, -0.05) is 34.5 Å². The van der Waals surface area contributed by atoms with Crippen LogP contribution < -0.4 is 5.32 Å². The average molecular weight is 428 g/mol. The maximum absolute atomic E-state index is 12.3. The number of rotatable bonds is 6. The first-order chi connectivity index (χ1) is 13.2. The van der Waals surface area contributed by atoms with Crippen LogP contribution in [0.3, 0.4) is 0 Å². The molecule has 0 radical (unpaired) electrons. The summed E-state index contributed by atoms with van der Waals surface area (Å²) in [5.41, 5.74) is 0.979. The Kier molecular flexibility index (Phi) is 6.86. The summed E-state index contributed by atoms with van der Waals surface area (Å²) in [6.45, 7) is 3.53. The van der Waals surface area contributed by atoms with Crippen molar-refractivity contribution in [3.05, 3.63) is 52.2 Å². The molecule has 3 rings (SSSR count). The molecule has 1 fully saturated rings. The van der Waals surface area contributed by atoms with Gasteiger partial charge in [-0.2, -0.15) is 5.26 Å². The highest BCUT2D eigenvalue weighted by molar-refractivity contribution is 9.10. The number of carbonyl (C=O) groups excluding carboxylic acids is 1. The second-order valence-electron chi connectivity index (χ2n) is 6.54. The zero-order valence-electron chi connectivity index (χ0n) is 15.1. The molecule has 0 saturated carbocycles. The third-order valence-electron chi connectivity index (χ3n) is 4.57. The Bertz CT molecular complexity index is 843. The van der Waals surface area contributed by atoms with E-state index in [1.807, 2.05) is 36.4 Å². The molecule has 1 aliphatic heterocycles. The van der Waals surface area contributed by atoms with Crippen LogP contribution in [0.25, 0.3) is 17.4 Å². The van der Waals surface area contributed by atoms with Gasteiger partial charge in [0.25, 0.3) is 5.91 Å². The monoisotopic (exact) mass is 427 g/mol. The van der Waals surface area contributed by atoms with E-state index >= 15 is 0 Å². The lowest BCUT2D eigenvalue weighted by atomic mass is 10.1. The molecule has 0 bridgehead atoms. The molecule has 0 atom stereocenters. The molecular formula is C21H22BrN3O2. The van der Waals surface area contributed by atoms with Gasteiger partial charge in [0.15, 0.2) is 0 Å². The Hall–Kier alpha value is -2.36. The van der Waals surface area contributed by atoms with Gasteiger partial charge in [-0.25, -0.2) is 0 Å². The smallest absolute Gasteiger partial charge is 0.262 e. The summed E-state index contributed by atoms with van der Waals surface area (Å²) in [6.07, 6.45) is 5.21. The molecule has 2 heterocycles. The van der Waals surface area contributed by atoms with E-state index in [4.69, 9.17) is 4.42 Å². The third-order valence-corrected chi connectivity index (χ3v) is 5.10. The molecular weight excluding hydrogens is 406 g/mol.